The van der Waals surface area contributed by atoms with Crippen molar-refractivity contribution in [2.75, 3.05) is 11.9 Å². The van der Waals surface area contributed by atoms with E-state index in [0.717, 1.165) is 17.5 Å². The molecule has 118 valence electrons. The summed E-state index contributed by atoms with van der Waals surface area (Å²) in [6.45, 7) is 0.470. The smallest absolute Gasteiger partial charge is 0.262 e. The molecule has 0 unspecified atom stereocenters. The number of fused-ring (bicyclic) bond motifs is 1. The van der Waals surface area contributed by atoms with Crippen LogP contribution in [-0.2, 0) is 22.6 Å². The summed E-state index contributed by atoms with van der Waals surface area (Å²) in [5, 5.41) is 5.64. The van der Waals surface area contributed by atoms with Gasteiger partial charge in [0.15, 0.2) is 6.61 Å². The maximum atomic E-state index is 11.9. The summed E-state index contributed by atoms with van der Waals surface area (Å²) in [7, 11) is 0. The minimum absolute atomic E-state index is 0.0146. The molecule has 5 heteroatoms. The quantitative estimate of drug-likeness (QED) is 0.890. The standard InChI is InChI=1S/C18H18N2O3/c21-17(9-7-13-4-2-1-3-5-13)19-11-14-6-8-15-16(10-14)23-12-18(22)20-15/h1-6,8,10H,7,9,11-12H2,(H,19,21)(H,20,22). The fraction of sp³-hybridized carbons (Fsp3) is 0.222. The lowest BCUT2D eigenvalue weighted by atomic mass is 10.1. The first kappa shape index (κ1) is 15.1. The van der Waals surface area contributed by atoms with E-state index >= 15 is 0 Å². The van der Waals surface area contributed by atoms with Crippen LogP contribution in [-0.4, -0.2) is 18.4 Å². The van der Waals surface area contributed by atoms with Crippen molar-refractivity contribution in [3.8, 4) is 5.75 Å². The summed E-state index contributed by atoms with van der Waals surface area (Å²) in [5.74, 6) is 0.501. The summed E-state index contributed by atoms with van der Waals surface area (Å²) < 4.78 is 5.36. The number of anilines is 1. The topological polar surface area (TPSA) is 67.4 Å². The maximum absolute atomic E-state index is 11.9. The second-order valence-electron chi connectivity index (χ2n) is 5.43. The molecule has 0 saturated carbocycles. The van der Waals surface area contributed by atoms with Gasteiger partial charge >= 0.3 is 0 Å². The molecule has 2 aromatic rings. The maximum Gasteiger partial charge on any atom is 0.262 e. The number of hydrogen-bond donors (Lipinski definition) is 2. The van der Waals surface area contributed by atoms with Crippen molar-refractivity contribution in [2.45, 2.75) is 19.4 Å². The zero-order chi connectivity index (χ0) is 16.1. The number of hydrogen-bond acceptors (Lipinski definition) is 3. The summed E-state index contributed by atoms with van der Waals surface area (Å²) >= 11 is 0. The molecule has 1 aliphatic rings. The Balaban J connectivity index is 1.50. The summed E-state index contributed by atoms with van der Waals surface area (Å²) in [5.41, 5.74) is 2.76. The van der Waals surface area contributed by atoms with Gasteiger partial charge in [-0.15, -0.1) is 0 Å². The van der Waals surface area contributed by atoms with E-state index in [1.54, 1.807) is 6.07 Å². The molecule has 23 heavy (non-hydrogen) atoms. The Morgan fingerprint density at radius 1 is 1.13 bits per heavy atom. The normalized spacial score (nSPS) is 12.8. The van der Waals surface area contributed by atoms with Gasteiger partial charge < -0.3 is 15.4 Å². The number of carbonyl (C=O) groups is 2. The van der Waals surface area contributed by atoms with Crippen molar-refractivity contribution >= 4 is 17.5 Å². The molecule has 0 aromatic heterocycles. The van der Waals surface area contributed by atoms with Gasteiger partial charge in [0.2, 0.25) is 5.91 Å². The molecule has 2 amide bonds. The average Bonchev–Trinajstić information content (AvgIpc) is 2.59. The van der Waals surface area contributed by atoms with Crippen molar-refractivity contribution in [3.63, 3.8) is 0 Å². The monoisotopic (exact) mass is 310 g/mol. The molecule has 0 saturated heterocycles. The molecular weight excluding hydrogens is 292 g/mol. The Hall–Kier alpha value is -2.82. The number of carbonyl (C=O) groups excluding carboxylic acids is 2. The average molecular weight is 310 g/mol. The summed E-state index contributed by atoms with van der Waals surface area (Å²) in [4.78, 5) is 23.1. The number of nitrogens with one attached hydrogen (secondary N) is 2. The highest BCUT2D eigenvalue weighted by Crippen LogP contribution is 2.28. The molecule has 0 fully saturated rings. The molecule has 5 nitrogen and oxygen atoms in total. The summed E-state index contributed by atoms with van der Waals surface area (Å²) in [6.07, 6.45) is 1.19. The van der Waals surface area contributed by atoms with Crippen LogP contribution in [0.15, 0.2) is 48.5 Å². The van der Waals surface area contributed by atoms with Crippen LogP contribution >= 0.6 is 0 Å². The molecule has 0 spiro atoms. The lowest BCUT2D eigenvalue weighted by molar-refractivity contribution is -0.121. The molecule has 3 rings (SSSR count). The number of amides is 2. The Morgan fingerprint density at radius 3 is 2.78 bits per heavy atom. The fourth-order valence-electron chi connectivity index (χ4n) is 2.42. The zero-order valence-electron chi connectivity index (χ0n) is 12.7. The van der Waals surface area contributed by atoms with Crippen LogP contribution in [0.1, 0.15) is 17.5 Å². The van der Waals surface area contributed by atoms with Gasteiger partial charge in [-0.2, -0.15) is 0 Å². The Kier molecular flexibility index (Phi) is 4.57. The van der Waals surface area contributed by atoms with Crippen LogP contribution in [0.2, 0.25) is 0 Å². The van der Waals surface area contributed by atoms with Crippen LogP contribution in [0.25, 0.3) is 0 Å². The molecule has 0 radical (unpaired) electrons. The lowest BCUT2D eigenvalue weighted by Crippen LogP contribution is -2.26. The summed E-state index contributed by atoms with van der Waals surface area (Å²) in [6, 6.07) is 15.4. The van der Waals surface area contributed by atoms with E-state index < -0.39 is 0 Å². The fourth-order valence-corrected chi connectivity index (χ4v) is 2.42. The number of rotatable bonds is 5. The van der Waals surface area contributed by atoms with E-state index in [1.165, 1.54) is 0 Å². The number of ether oxygens (including phenoxy) is 1. The Labute approximate surface area is 134 Å². The van der Waals surface area contributed by atoms with Crippen molar-refractivity contribution in [1.29, 1.82) is 0 Å². The Morgan fingerprint density at radius 2 is 1.96 bits per heavy atom. The van der Waals surface area contributed by atoms with E-state index in [2.05, 4.69) is 10.6 Å². The van der Waals surface area contributed by atoms with Crippen molar-refractivity contribution in [1.82, 2.24) is 5.32 Å². The van der Waals surface area contributed by atoms with E-state index in [-0.39, 0.29) is 18.4 Å². The van der Waals surface area contributed by atoms with Gasteiger partial charge in [-0.3, -0.25) is 9.59 Å². The van der Waals surface area contributed by atoms with E-state index in [1.807, 2.05) is 42.5 Å². The molecule has 0 aliphatic carbocycles. The van der Waals surface area contributed by atoms with Gasteiger partial charge in [-0.1, -0.05) is 36.4 Å². The van der Waals surface area contributed by atoms with Crippen molar-refractivity contribution in [2.24, 2.45) is 0 Å². The minimum atomic E-state index is -0.153. The zero-order valence-corrected chi connectivity index (χ0v) is 12.7. The second-order valence-corrected chi connectivity index (χ2v) is 5.43. The van der Waals surface area contributed by atoms with Crippen LogP contribution in [0.4, 0.5) is 5.69 Å². The molecular formula is C18H18N2O3. The van der Waals surface area contributed by atoms with Crippen LogP contribution in [0.3, 0.4) is 0 Å². The van der Waals surface area contributed by atoms with E-state index in [9.17, 15) is 9.59 Å². The van der Waals surface area contributed by atoms with Gasteiger partial charge in [0.05, 0.1) is 5.69 Å². The third-order valence-corrected chi connectivity index (χ3v) is 3.65. The van der Waals surface area contributed by atoms with Gasteiger partial charge in [-0.25, -0.2) is 0 Å². The first-order valence-corrected chi connectivity index (χ1v) is 7.57. The SMILES string of the molecule is O=C(CCc1ccccc1)NCc1ccc2c(c1)OCC(=O)N2. The molecule has 0 atom stereocenters. The van der Waals surface area contributed by atoms with Crippen LogP contribution < -0.4 is 15.4 Å². The molecule has 1 aliphatic heterocycles. The van der Waals surface area contributed by atoms with Gasteiger partial charge in [0.1, 0.15) is 5.75 Å². The van der Waals surface area contributed by atoms with Gasteiger partial charge in [0.25, 0.3) is 5.91 Å². The highest BCUT2D eigenvalue weighted by Gasteiger charge is 2.15. The highest BCUT2D eigenvalue weighted by molar-refractivity contribution is 5.95. The Bertz CT molecular complexity index is 713. The third kappa shape index (κ3) is 4.10. The first-order valence-electron chi connectivity index (χ1n) is 7.57. The van der Waals surface area contributed by atoms with E-state index in [4.69, 9.17) is 4.74 Å². The van der Waals surface area contributed by atoms with Crippen LogP contribution in [0.5, 0.6) is 5.75 Å². The predicted octanol–water partition coefficient (Wildman–Crippen LogP) is 2.27. The first-order chi connectivity index (χ1) is 11.2. The minimum Gasteiger partial charge on any atom is -0.482 e. The van der Waals surface area contributed by atoms with Crippen LogP contribution in [0, 0.1) is 0 Å². The highest BCUT2D eigenvalue weighted by atomic mass is 16.5. The predicted molar refractivity (Wildman–Crippen MR) is 87.2 cm³/mol. The molecule has 0 bridgehead atoms. The van der Waals surface area contributed by atoms with Crippen molar-refractivity contribution in [3.05, 3.63) is 59.7 Å². The molecule has 1 heterocycles. The number of aryl methyl sites for hydroxylation is 1. The van der Waals surface area contributed by atoms with Gasteiger partial charge in [-0.05, 0) is 29.7 Å². The third-order valence-electron chi connectivity index (χ3n) is 3.65. The van der Waals surface area contributed by atoms with E-state index in [0.29, 0.717) is 24.4 Å². The number of benzene rings is 2. The largest absolute Gasteiger partial charge is 0.482 e. The molecule has 2 N–H and O–H groups in total. The lowest BCUT2D eigenvalue weighted by Gasteiger charge is -2.18. The molecule has 2 aromatic carbocycles. The van der Waals surface area contributed by atoms with Crippen molar-refractivity contribution < 1.29 is 14.3 Å². The van der Waals surface area contributed by atoms with Gasteiger partial charge in [0, 0.05) is 13.0 Å². The second kappa shape index (κ2) is 6.96.